The van der Waals surface area contributed by atoms with Crippen LogP contribution in [0.25, 0.3) is 0 Å². The fourth-order valence-electron chi connectivity index (χ4n) is 2.29. The molecule has 0 saturated carbocycles. The van der Waals surface area contributed by atoms with Gasteiger partial charge in [-0.3, -0.25) is 4.79 Å². The summed E-state index contributed by atoms with van der Waals surface area (Å²) in [5.41, 5.74) is 3.20. The number of aliphatic hydroxyl groups is 1. The maximum Gasteiger partial charge on any atom is 0.228 e. The molecule has 0 spiro atoms. The number of aliphatic hydroxyl groups excluding tert-OH is 1. The minimum Gasteiger partial charge on any atom is -0.384 e. The Kier molecular flexibility index (Phi) is 3.54. The van der Waals surface area contributed by atoms with Gasteiger partial charge < -0.3 is 10.4 Å². The van der Waals surface area contributed by atoms with E-state index in [0.29, 0.717) is 11.4 Å². The Labute approximate surface area is 129 Å². The van der Waals surface area contributed by atoms with Crippen LogP contribution >= 0.6 is 27.5 Å². The Morgan fingerprint density at radius 2 is 1.90 bits per heavy atom. The monoisotopic (exact) mass is 351 g/mol. The average Bonchev–Trinajstić information content (AvgIpc) is 2.80. The molecule has 102 valence electrons. The van der Waals surface area contributed by atoms with Gasteiger partial charge in [-0.25, -0.2) is 0 Å². The Morgan fingerprint density at radius 3 is 2.65 bits per heavy atom. The molecule has 1 heterocycles. The number of halogens is 2. The summed E-state index contributed by atoms with van der Waals surface area (Å²) in [6, 6.07) is 10.8. The molecule has 0 aromatic heterocycles. The quantitative estimate of drug-likeness (QED) is 0.866. The number of benzene rings is 2. The van der Waals surface area contributed by atoms with Crippen molar-refractivity contribution in [2.75, 3.05) is 5.32 Å². The third-order valence-corrected chi connectivity index (χ3v) is 4.56. The summed E-state index contributed by atoms with van der Waals surface area (Å²) in [7, 11) is 0. The molecule has 3 rings (SSSR count). The average molecular weight is 353 g/mol. The van der Waals surface area contributed by atoms with E-state index < -0.39 is 6.10 Å². The van der Waals surface area contributed by atoms with E-state index in [1.807, 2.05) is 24.3 Å². The van der Waals surface area contributed by atoms with Crippen molar-refractivity contribution in [2.45, 2.75) is 12.5 Å². The maximum absolute atomic E-state index is 11.3. The highest BCUT2D eigenvalue weighted by Gasteiger charge is 2.20. The van der Waals surface area contributed by atoms with Gasteiger partial charge in [0.1, 0.15) is 6.10 Å². The summed E-state index contributed by atoms with van der Waals surface area (Å²) in [6.07, 6.45) is -0.404. The fraction of sp³-hybridized carbons (Fsp3) is 0.133. The highest BCUT2D eigenvalue weighted by molar-refractivity contribution is 9.10. The normalized spacial score (nSPS) is 14.8. The van der Waals surface area contributed by atoms with E-state index >= 15 is 0 Å². The molecule has 1 aliphatic rings. The van der Waals surface area contributed by atoms with Crippen LogP contribution in [0.3, 0.4) is 0 Å². The van der Waals surface area contributed by atoms with Crippen LogP contribution in [0.5, 0.6) is 0 Å². The Bertz CT molecular complexity index is 702. The van der Waals surface area contributed by atoms with Crippen molar-refractivity contribution < 1.29 is 9.90 Å². The smallest absolute Gasteiger partial charge is 0.228 e. The first-order valence-electron chi connectivity index (χ1n) is 6.10. The van der Waals surface area contributed by atoms with Crippen LogP contribution in [0.15, 0.2) is 40.9 Å². The summed E-state index contributed by atoms with van der Waals surface area (Å²) in [4.78, 5) is 11.3. The Morgan fingerprint density at radius 1 is 1.20 bits per heavy atom. The van der Waals surface area contributed by atoms with Crippen molar-refractivity contribution in [1.82, 2.24) is 0 Å². The first kappa shape index (κ1) is 13.6. The van der Waals surface area contributed by atoms with Crippen LogP contribution in [0.1, 0.15) is 22.8 Å². The molecule has 1 amide bonds. The number of nitrogens with one attached hydrogen (secondary N) is 1. The van der Waals surface area contributed by atoms with E-state index in [1.54, 1.807) is 12.1 Å². The first-order chi connectivity index (χ1) is 9.54. The van der Waals surface area contributed by atoms with E-state index in [0.717, 1.165) is 26.9 Å². The molecular formula is C15H11BrClNO2. The molecule has 3 nitrogen and oxygen atoms in total. The zero-order valence-corrected chi connectivity index (χ0v) is 12.7. The molecule has 1 unspecified atom stereocenters. The minimum absolute atomic E-state index is 0.0154. The van der Waals surface area contributed by atoms with Gasteiger partial charge in [0, 0.05) is 10.2 Å². The zero-order chi connectivity index (χ0) is 14.3. The lowest BCUT2D eigenvalue weighted by atomic mass is 9.99. The molecule has 0 fully saturated rings. The maximum atomic E-state index is 11.3. The summed E-state index contributed by atoms with van der Waals surface area (Å²) in [6.45, 7) is 0. The molecular weight excluding hydrogens is 342 g/mol. The molecule has 2 aromatic rings. The van der Waals surface area contributed by atoms with Gasteiger partial charge >= 0.3 is 0 Å². The second-order valence-corrected chi connectivity index (χ2v) is 5.98. The number of anilines is 1. The number of rotatable bonds is 2. The van der Waals surface area contributed by atoms with Crippen LogP contribution in [0.2, 0.25) is 5.02 Å². The molecule has 1 aliphatic heterocycles. The summed E-state index contributed by atoms with van der Waals surface area (Å²) in [5.74, 6) is -0.0154. The lowest BCUT2D eigenvalue weighted by molar-refractivity contribution is -0.115. The number of fused-ring (bicyclic) bond motifs is 1. The summed E-state index contributed by atoms with van der Waals surface area (Å²) >= 11 is 9.37. The molecule has 2 N–H and O–H groups in total. The van der Waals surface area contributed by atoms with Gasteiger partial charge in [0.2, 0.25) is 5.91 Å². The van der Waals surface area contributed by atoms with Gasteiger partial charge in [-0.05, 0) is 50.8 Å². The highest BCUT2D eigenvalue weighted by Crippen LogP contribution is 2.32. The van der Waals surface area contributed by atoms with Crippen LogP contribution in [0, 0.1) is 0 Å². The summed E-state index contributed by atoms with van der Waals surface area (Å²) < 4.78 is 0.791. The SMILES string of the molecule is O=C1Cc2cc(C(O)c3ccc(Br)c(Cl)c3)ccc2N1. The van der Waals surface area contributed by atoms with Gasteiger partial charge in [0.15, 0.2) is 0 Å². The number of carbonyl (C=O) groups is 1. The zero-order valence-electron chi connectivity index (χ0n) is 10.4. The van der Waals surface area contributed by atoms with Crippen LogP contribution in [-0.2, 0) is 11.2 Å². The molecule has 0 bridgehead atoms. The molecule has 5 heteroatoms. The molecule has 0 aliphatic carbocycles. The van der Waals surface area contributed by atoms with E-state index in [2.05, 4.69) is 21.2 Å². The first-order valence-corrected chi connectivity index (χ1v) is 7.27. The van der Waals surface area contributed by atoms with Crippen molar-refractivity contribution in [2.24, 2.45) is 0 Å². The second-order valence-electron chi connectivity index (χ2n) is 4.72. The highest BCUT2D eigenvalue weighted by atomic mass is 79.9. The number of hydrogen-bond acceptors (Lipinski definition) is 2. The standard InChI is InChI=1S/C15H11BrClNO2/c16-11-3-1-9(6-12(11)17)15(20)8-2-4-13-10(5-8)7-14(19)18-13/h1-6,15,20H,7H2,(H,18,19). The number of carbonyl (C=O) groups excluding carboxylic acids is 1. The third-order valence-electron chi connectivity index (χ3n) is 3.33. The van der Waals surface area contributed by atoms with Gasteiger partial charge in [-0.2, -0.15) is 0 Å². The van der Waals surface area contributed by atoms with Crippen molar-refractivity contribution in [3.05, 3.63) is 62.6 Å². The van der Waals surface area contributed by atoms with Gasteiger partial charge in [0.25, 0.3) is 0 Å². The van der Waals surface area contributed by atoms with Crippen molar-refractivity contribution in [1.29, 1.82) is 0 Å². The van der Waals surface area contributed by atoms with Crippen molar-refractivity contribution >= 4 is 39.1 Å². The lowest BCUT2D eigenvalue weighted by Gasteiger charge is -2.13. The Balaban J connectivity index is 1.94. The van der Waals surface area contributed by atoms with Crippen LogP contribution in [-0.4, -0.2) is 11.0 Å². The molecule has 0 saturated heterocycles. The fourth-order valence-corrected chi connectivity index (χ4v) is 2.73. The number of amides is 1. The third kappa shape index (κ3) is 2.46. The topological polar surface area (TPSA) is 49.3 Å². The molecule has 0 radical (unpaired) electrons. The van der Waals surface area contributed by atoms with E-state index in [9.17, 15) is 9.90 Å². The van der Waals surface area contributed by atoms with E-state index in [1.165, 1.54) is 0 Å². The van der Waals surface area contributed by atoms with Gasteiger partial charge in [0.05, 0.1) is 11.4 Å². The summed E-state index contributed by atoms with van der Waals surface area (Å²) in [5, 5.41) is 13.8. The van der Waals surface area contributed by atoms with Crippen LogP contribution in [0.4, 0.5) is 5.69 Å². The molecule has 1 atom stereocenters. The minimum atomic E-state index is -0.762. The van der Waals surface area contributed by atoms with E-state index in [4.69, 9.17) is 11.6 Å². The van der Waals surface area contributed by atoms with Gasteiger partial charge in [-0.1, -0.05) is 29.8 Å². The van der Waals surface area contributed by atoms with Crippen molar-refractivity contribution in [3.8, 4) is 0 Å². The van der Waals surface area contributed by atoms with Gasteiger partial charge in [-0.15, -0.1) is 0 Å². The predicted octanol–water partition coefficient (Wildman–Crippen LogP) is 3.68. The molecule has 20 heavy (non-hydrogen) atoms. The van der Waals surface area contributed by atoms with Crippen LogP contribution < -0.4 is 5.32 Å². The van der Waals surface area contributed by atoms with Crippen molar-refractivity contribution in [3.63, 3.8) is 0 Å². The second kappa shape index (κ2) is 5.20. The number of hydrogen-bond donors (Lipinski definition) is 2. The predicted molar refractivity (Wildman–Crippen MR) is 82.0 cm³/mol. The molecule has 2 aromatic carbocycles. The lowest BCUT2D eigenvalue weighted by Crippen LogP contribution is -2.03. The van der Waals surface area contributed by atoms with E-state index in [-0.39, 0.29) is 5.91 Å². The Hall–Kier alpha value is -1.36. The largest absolute Gasteiger partial charge is 0.384 e.